The molecule has 2 heterocycles. The number of benzene rings is 7. The van der Waals surface area contributed by atoms with Gasteiger partial charge in [-0.2, -0.15) is 0 Å². The quantitative estimate of drug-likeness (QED) is 0.129. The molecule has 0 amide bonds. The normalized spacial score (nSPS) is 13.4. The first-order valence-electron chi connectivity index (χ1n) is 19.3. The summed E-state index contributed by atoms with van der Waals surface area (Å²) in [6.45, 7) is 5.07. The average molecular weight is 736 g/mol. The molecule has 0 bridgehead atoms. The fourth-order valence-electron chi connectivity index (χ4n) is 7.64. The van der Waals surface area contributed by atoms with E-state index in [1.165, 1.54) is 33.4 Å². The van der Waals surface area contributed by atoms with Gasteiger partial charge in [-0.05, 0) is 76.9 Å². The van der Waals surface area contributed by atoms with Crippen molar-refractivity contribution in [1.82, 2.24) is 4.57 Å². The summed E-state index contributed by atoms with van der Waals surface area (Å²) in [7, 11) is 0. The molecule has 5 nitrogen and oxygen atoms in total. The Bertz CT molecular complexity index is 2770. The number of hydrogen-bond donors (Lipinski definition) is 1. The van der Waals surface area contributed by atoms with Crippen molar-refractivity contribution < 1.29 is 0 Å². The van der Waals surface area contributed by atoms with Gasteiger partial charge in [-0.3, -0.25) is 4.99 Å². The second-order valence-electron chi connectivity index (χ2n) is 14.1. The smallest absolute Gasteiger partial charge is 0.161 e. The first kappa shape index (κ1) is 35.3. The van der Waals surface area contributed by atoms with Gasteiger partial charge in [0.2, 0.25) is 0 Å². The maximum atomic E-state index is 5.14. The number of rotatable bonds is 7. The van der Waals surface area contributed by atoms with Crippen molar-refractivity contribution in [3.05, 3.63) is 222 Å². The molecule has 0 saturated heterocycles. The number of anilines is 1. The van der Waals surface area contributed by atoms with Crippen LogP contribution >= 0.6 is 0 Å². The predicted molar refractivity (Wildman–Crippen MR) is 240 cm³/mol. The lowest BCUT2D eigenvalue weighted by Gasteiger charge is -2.15. The van der Waals surface area contributed by atoms with Gasteiger partial charge in [0, 0.05) is 33.5 Å². The van der Waals surface area contributed by atoms with Crippen molar-refractivity contribution in [2.75, 3.05) is 5.32 Å². The highest BCUT2D eigenvalue weighted by molar-refractivity contribution is 6.13. The Hall–Kier alpha value is -7.37. The summed E-state index contributed by atoms with van der Waals surface area (Å²) in [5.41, 5.74) is 14.6. The van der Waals surface area contributed by atoms with Crippen LogP contribution in [0.5, 0.6) is 0 Å². The number of amidine groups is 2. The highest BCUT2D eigenvalue weighted by Crippen LogP contribution is 2.33. The van der Waals surface area contributed by atoms with Gasteiger partial charge in [-0.1, -0.05) is 164 Å². The molecule has 274 valence electrons. The summed E-state index contributed by atoms with van der Waals surface area (Å²) < 4.78 is 2.39. The minimum atomic E-state index is 0.444. The van der Waals surface area contributed by atoms with Gasteiger partial charge in [0.15, 0.2) is 11.7 Å². The number of fused-ring (bicyclic) bond motifs is 4. The standard InChI is InChI=1S/C52H41N5/c1-53-51(44-21-12-20-43(34-44)39-16-6-3-7-17-39)56-52(42-30-28-40(29-31-42)38-14-4-2-5-15-38)55-35-37-26-32-45(33-27-37)57-49-25-11-9-22-46(49)47-23-13-19-41-18-8-10-24-48(41)54-36-50(47)57/h2-18,20-34,54H,1,19,35-36H2/b23-13-,55-52-,56-51-. The zero-order chi connectivity index (χ0) is 38.4. The molecule has 0 fully saturated rings. The second-order valence-corrected chi connectivity index (χ2v) is 14.1. The Balaban J connectivity index is 1.06. The summed E-state index contributed by atoms with van der Waals surface area (Å²) in [5, 5.41) is 4.99. The molecule has 57 heavy (non-hydrogen) atoms. The third-order valence-corrected chi connectivity index (χ3v) is 10.5. The van der Waals surface area contributed by atoms with Crippen molar-refractivity contribution in [3.8, 4) is 27.9 Å². The third-order valence-electron chi connectivity index (χ3n) is 10.5. The van der Waals surface area contributed by atoms with Gasteiger partial charge in [0.05, 0.1) is 24.3 Å². The fraction of sp³-hybridized carbons (Fsp3) is 0.0577. The third kappa shape index (κ3) is 7.51. The van der Waals surface area contributed by atoms with E-state index in [4.69, 9.17) is 9.98 Å². The van der Waals surface area contributed by atoms with Crippen LogP contribution in [0.3, 0.4) is 0 Å². The number of aromatic nitrogens is 1. The molecule has 0 aliphatic carbocycles. The number of hydrogen-bond acceptors (Lipinski definition) is 2. The second kappa shape index (κ2) is 16.2. The Kier molecular flexibility index (Phi) is 10.0. The highest BCUT2D eigenvalue weighted by atomic mass is 15.0. The van der Waals surface area contributed by atoms with Crippen LogP contribution in [-0.4, -0.2) is 23.0 Å². The monoisotopic (exact) mass is 735 g/mol. The van der Waals surface area contributed by atoms with Gasteiger partial charge in [0.25, 0.3) is 0 Å². The molecule has 0 spiro atoms. The van der Waals surface area contributed by atoms with Crippen LogP contribution in [-0.2, 0) is 19.5 Å². The van der Waals surface area contributed by atoms with Crippen molar-refractivity contribution in [3.63, 3.8) is 0 Å². The number of nitrogens with one attached hydrogen (secondary N) is 1. The molecule has 1 aliphatic rings. The van der Waals surface area contributed by atoms with Gasteiger partial charge in [0.1, 0.15) is 0 Å². The highest BCUT2D eigenvalue weighted by Gasteiger charge is 2.18. The van der Waals surface area contributed by atoms with Crippen molar-refractivity contribution in [1.29, 1.82) is 0 Å². The first-order chi connectivity index (χ1) is 28.2. The Labute approximate surface area is 333 Å². The van der Waals surface area contributed by atoms with E-state index in [1.807, 2.05) is 36.4 Å². The van der Waals surface area contributed by atoms with E-state index in [0.717, 1.165) is 51.1 Å². The summed E-state index contributed by atoms with van der Waals surface area (Å²) >= 11 is 0. The minimum absolute atomic E-state index is 0.444. The molecule has 5 heteroatoms. The first-order valence-corrected chi connectivity index (χ1v) is 19.3. The van der Waals surface area contributed by atoms with Crippen LogP contribution in [0.1, 0.15) is 33.5 Å². The number of allylic oxidation sites excluding steroid dienone is 1. The lowest BCUT2D eigenvalue weighted by molar-refractivity contribution is 0.960. The van der Waals surface area contributed by atoms with Crippen LogP contribution in [0.15, 0.2) is 203 Å². The zero-order valence-corrected chi connectivity index (χ0v) is 31.6. The molecule has 7 aromatic carbocycles. The van der Waals surface area contributed by atoms with Crippen molar-refractivity contribution >= 4 is 41.1 Å². The van der Waals surface area contributed by atoms with E-state index in [-0.39, 0.29) is 0 Å². The maximum absolute atomic E-state index is 5.14. The van der Waals surface area contributed by atoms with Gasteiger partial charge in [-0.15, -0.1) is 0 Å². The summed E-state index contributed by atoms with van der Waals surface area (Å²) in [4.78, 5) is 14.6. The van der Waals surface area contributed by atoms with E-state index in [0.29, 0.717) is 24.8 Å². The fourth-order valence-corrected chi connectivity index (χ4v) is 7.64. The summed E-state index contributed by atoms with van der Waals surface area (Å²) in [5.74, 6) is 1.12. The minimum Gasteiger partial charge on any atom is -0.379 e. The molecule has 1 N–H and O–H groups in total. The molecular weight excluding hydrogens is 695 g/mol. The van der Waals surface area contributed by atoms with Crippen LogP contribution in [0.2, 0.25) is 0 Å². The van der Waals surface area contributed by atoms with Crippen LogP contribution in [0.4, 0.5) is 5.69 Å². The Morgan fingerprint density at radius 1 is 0.596 bits per heavy atom. The molecule has 8 aromatic rings. The Morgan fingerprint density at radius 3 is 2.04 bits per heavy atom. The zero-order valence-electron chi connectivity index (χ0n) is 31.6. The number of nitrogens with zero attached hydrogens (tertiary/aromatic N) is 4. The topological polar surface area (TPSA) is 54.0 Å². The van der Waals surface area contributed by atoms with Crippen molar-refractivity contribution in [2.24, 2.45) is 15.0 Å². The SMILES string of the molecule is C=N/C(=N\C(=N/Cc1ccc(-n2c3c(c4ccccc42)/C=C\Cc2ccccc2NC3)cc1)c1ccc(-c2ccccc2)cc1)c1cccc(-c2ccccc2)c1. The van der Waals surface area contributed by atoms with E-state index in [9.17, 15) is 0 Å². The predicted octanol–water partition coefficient (Wildman–Crippen LogP) is 12.2. The molecule has 0 saturated carbocycles. The molecule has 0 atom stereocenters. The van der Waals surface area contributed by atoms with E-state index >= 15 is 0 Å². The number of aliphatic imine (C=N–C) groups is 3. The molecule has 1 aliphatic heterocycles. The van der Waals surface area contributed by atoms with Crippen LogP contribution < -0.4 is 5.32 Å². The van der Waals surface area contributed by atoms with Crippen molar-refractivity contribution in [2.45, 2.75) is 19.5 Å². The summed E-state index contributed by atoms with van der Waals surface area (Å²) in [6, 6.07) is 63.4. The van der Waals surface area contributed by atoms with Gasteiger partial charge in [-0.25, -0.2) is 9.98 Å². The lowest BCUT2D eigenvalue weighted by Crippen LogP contribution is -2.08. The molecule has 9 rings (SSSR count). The molecular formula is C52H41N5. The molecule has 0 radical (unpaired) electrons. The molecule has 0 unspecified atom stereocenters. The van der Waals surface area contributed by atoms with E-state index < -0.39 is 0 Å². The van der Waals surface area contributed by atoms with Crippen LogP contribution in [0, 0.1) is 0 Å². The summed E-state index contributed by atoms with van der Waals surface area (Å²) in [6.07, 6.45) is 5.45. The Morgan fingerprint density at radius 2 is 1.26 bits per heavy atom. The number of para-hydroxylation sites is 2. The van der Waals surface area contributed by atoms with Gasteiger partial charge >= 0.3 is 0 Å². The molecule has 1 aromatic heterocycles. The van der Waals surface area contributed by atoms with Crippen LogP contribution in [0.25, 0.3) is 44.9 Å². The van der Waals surface area contributed by atoms with E-state index in [2.05, 4.69) is 179 Å². The average Bonchev–Trinajstić information content (AvgIpc) is 3.63. The largest absolute Gasteiger partial charge is 0.379 e. The van der Waals surface area contributed by atoms with E-state index in [1.54, 1.807) is 0 Å². The van der Waals surface area contributed by atoms with Gasteiger partial charge < -0.3 is 9.88 Å². The lowest BCUT2D eigenvalue weighted by atomic mass is 10.0. The maximum Gasteiger partial charge on any atom is 0.161 e.